The maximum atomic E-state index is 13.2. The molecule has 3 unspecified atom stereocenters. The van der Waals surface area contributed by atoms with Gasteiger partial charge in [-0.2, -0.15) is 0 Å². The predicted molar refractivity (Wildman–Crippen MR) is 204 cm³/mol. The second-order valence-electron chi connectivity index (χ2n) is 14.1. The first kappa shape index (κ1) is 40.2. The number of hydrogen-bond donors (Lipinski definition) is 0. The molecule has 3 aromatic rings. The Morgan fingerprint density at radius 1 is 0.820 bits per heavy atom. The van der Waals surface area contributed by atoms with Crippen molar-refractivity contribution in [2.24, 2.45) is 17.8 Å². The van der Waals surface area contributed by atoms with Gasteiger partial charge in [0, 0.05) is 38.0 Å². The van der Waals surface area contributed by atoms with Crippen molar-refractivity contribution in [2.45, 2.75) is 112 Å². The highest BCUT2D eigenvalue weighted by Crippen LogP contribution is 2.34. The highest BCUT2D eigenvalue weighted by Gasteiger charge is 2.30. The highest BCUT2D eigenvalue weighted by molar-refractivity contribution is 5.99. The number of allylic oxidation sites excluding steroid dienone is 4. The first-order valence-corrected chi connectivity index (χ1v) is 18.4. The smallest absolute Gasteiger partial charge is 0.143 e. The van der Waals surface area contributed by atoms with Gasteiger partial charge in [-0.25, -0.2) is 0 Å². The van der Waals surface area contributed by atoms with E-state index in [0.717, 1.165) is 71.6 Å². The molecule has 1 aliphatic rings. The molecule has 0 saturated heterocycles. The van der Waals surface area contributed by atoms with Gasteiger partial charge in [-0.15, -0.1) is 0 Å². The van der Waals surface area contributed by atoms with Crippen LogP contribution in [0, 0.1) is 17.8 Å². The molecule has 3 atom stereocenters. The summed E-state index contributed by atoms with van der Waals surface area (Å²) >= 11 is 0. The summed E-state index contributed by atoms with van der Waals surface area (Å²) in [5.41, 5.74) is 4.07. The summed E-state index contributed by atoms with van der Waals surface area (Å²) in [6.07, 6.45) is 11.6. The zero-order valence-corrected chi connectivity index (χ0v) is 30.8. The lowest BCUT2D eigenvalue weighted by atomic mass is 9.75. The fraction of sp³-hybridized carbons (Fsp3) is 0.444. The summed E-state index contributed by atoms with van der Waals surface area (Å²) in [6.45, 7) is 9.23. The van der Waals surface area contributed by atoms with Gasteiger partial charge in [0.2, 0.25) is 0 Å². The molecule has 3 aromatic carbocycles. The molecular formula is C45H56O5. The van der Waals surface area contributed by atoms with Crippen molar-refractivity contribution in [3.8, 4) is 0 Å². The summed E-state index contributed by atoms with van der Waals surface area (Å²) in [4.78, 5) is 61.4. The second kappa shape index (κ2) is 21.1. The molecule has 0 fully saturated rings. The Morgan fingerprint density at radius 2 is 1.52 bits per heavy atom. The highest BCUT2D eigenvalue weighted by atomic mass is 16.2. The molecular weight excluding hydrogens is 620 g/mol. The van der Waals surface area contributed by atoms with Gasteiger partial charge in [0.15, 0.2) is 0 Å². The molecule has 4 rings (SSSR count). The van der Waals surface area contributed by atoms with Crippen LogP contribution in [0.1, 0.15) is 110 Å². The number of fused-ring (bicyclic) bond motifs is 1. The Kier molecular flexibility index (Phi) is 16.9. The average Bonchev–Trinajstić information content (AvgIpc) is 3.06. The van der Waals surface area contributed by atoms with Crippen molar-refractivity contribution in [3.63, 3.8) is 0 Å². The maximum Gasteiger partial charge on any atom is 0.143 e. The summed E-state index contributed by atoms with van der Waals surface area (Å²) in [6, 6.07) is 24.0. The van der Waals surface area contributed by atoms with Crippen LogP contribution in [-0.2, 0) is 36.8 Å². The molecule has 0 amide bonds. The van der Waals surface area contributed by atoms with Gasteiger partial charge in [0.05, 0.1) is 6.42 Å². The monoisotopic (exact) mass is 676 g/mol. The van der Waals surface area contributed by atoms with Gasteiger partial charge in [-0.05, 0) is 85.8 Å². The third-order valence-corrected chi connectivity index (χ3v) is 9.68. The van der Waals surface area contributed by atoms with E-state index in [9.17, 15) is 24.0 Å². The van der Waals surface area contributed by atoms with E-state index >= 15 is 0 Å². The van der Waals surface area contributed by atoms with E-state index in [4.69, 9.17) is 0 Å². The van der Waals surface area contributed by atoms with E-state index < -0.39 is 0 Å². The molecule has 5 nitrogen and oxygen atoms in total. The van der Waals surface area contributed by atoms with Gasteiger partial charge in [-0.1, -0.05) is 117 Å². The number of Topliss-reactive ketones (excluding diaryl/α,β-unsaturated/α-hetero) is 5. The molecule has 0 N–H and O–H groups in total. The molecule has 0 aromatic heterocycles. The fourth-order valence-electron chi connectivity index (χ4n) is 7.32. The van der Waals surface area contributed by atoms with Crippen molar-refractivity contribution < 1.29 is 24.0 Å². The van der Waals surface area contributed by atoms with E-state index in [1.54, 1.807) is 6.92 Å². The van der Waals surface area contributed by atoms with Crippen LogP contribution in [0.15, 0.2) is 96.1 Å². The van der Waals surface area contributed by atoms with Crippen LogP contribution in [0.4, 0.5) is 0 Å². The van der Waals surface area contributed by atoms with E-state index in [2.05, 4.69) is 37.3 Å². The molecule has 1 aliphatic carbocycles. The minimum absolute atomic E-state index is 0.0110. The molecule has 0 bridgehead atoms. The molecule has 0 saturated carbocycles. The minimum atomic E-state index is -0.120. The molecule has 266 valence electrons. The summed E-state index contributed by atoms with van der Waals surface area (Å²) in [7, 11) is 0. The third kappa shape index (κ3) is 13.6. The predicted octanol–water partition coefficient (Wildman–Crippen LogP) is 10.2. The second-order valence-corrected chi connectivity index (χ2v) is 14.1. The minimum Gasteiger partial charge on any atom is -0.300 e. The molecule has 0 radical (unpaired) electrons. The van der Waals surface area contributed by atoms with Gasteiger partial charge in [0.1, 0.15) is 28.9 Å². The normalized spacial score (nSPS) is 18.3. The lowest BCUT2D eigenvalue weighted by Gasteiger charge is -2.29. The molecule has 5 heteroatoms. The number of carbonyl (C=O) groups is 5. The van der Waals surface area contributed by atoms with Crippen LogP contribution in [0.3, 0.4) is 0 Å². The Balaban J connectivity index is 0.000000578. The average molecular weight is 677 g/mol. The van der Waals surface area contributed by atoms with Gasteiger partial charge in [0.25, 0.3) is 0 Å². The molecule has 0 spiro atoms. The van der Waals surface area contributed by atoms with Crippen molar-refractivity contribution >= 4 is 39.7 Å². The summed E-state index contributed by atoms with van der Waals surface area (Å²) in [5, 5.41) is 2.25. The number of carbonyl (C=O) groups excluding carboxylic acids is 5. The number of rotatable bonds is 15. The Morgan fingerprint density at radius 3 is 2.20 bits per heavy atom. The van der Waals surface area contributed by atoms with Crippen LogP contribution >= 0.6 is 0 Å². The summed E-state index contributed by atoms with van der Waals surface area (Å²) in [5.74, 6) is 0.844. The van der Waals surface area contributed by atoms with Gasteiger partial charge < -0.3 is 0 Å². The SMILES string of the molecule is CC(=O)Cc1ccccc1.CCCC(CC1CC/C=C\C(CC(=O)Cc2cccc3ccccc23)=C(\C)CC(=O)C1)C(CC)C(=O)CC(C)=O. The number of benzene rings is 3. The zero-order chi connectivity index (χ0) is 36.5. The lowest BCUT2D eigenvalue weighted by molar-refractivity contribution is -0.130. The van der Waals surface area contributed by atoms with E-state index in [0.29, 0.717) is 32.1 Å². The first-order valence-electron chi connectivity index (χ1n) is 18.4. The number of ketones is 5. The fourth-order valence-corrected chi connectivity index (χ4v) is 7.32. The van der Waals surface area contributed by atoms with Crippen molar-refractivity contribution in [1.82, 2.24) is 0 Å². The van der Waals surface area contributed by atoms with Crippen LogP contribution < -0.4 is 0 Å². The van der Waals surface area contributed by atoms with Crippen molar-refractivity contribution in [3.05, 3.63) is 107 Å². The quantitative estimate of drug-likeness (QED) is 0.150. The van der Waals surface area contributed by atoms with E-state index in [1.807, 2.05) is 68.4 Å². The lowest BCUT2D eigenvalue weighted by Crippen LogP contribution is -2.27. The molecule has 0 heterocycles. The largest absolute Gasteiger partial charge is 0.300 e. The maximum absolute atomic E-state index is 13.2. The summed E-state index contributed by atoms with van der Waals surface area (Å²) < 4.78 is 0. The number of hydrogen-bond acceptors (Lipinski definition) is 5. The first-order chi connectivity index (χ1) is 24.0. The Hall–Kier alpha value is -4.25. The Bertz CT molecular complexity index is 1660. The molecule has 50 heavy (non-hydrogen) atoms. The van der Waals surface area contributed by atoms with Crippen molar-refractivity contribution in [1.29, 1.82) is 0 Å². The standard InChI is InChI=1S/C36H46O4.C9H10O/c1-5-12-30(34(6-2)36(40)20-26(4)37)21-27-13-7-8-15-29(25(3)19-32(38)22-27)23-33(39)24-31-17-11-16-28-14-9-10-18-35(28)31;1-8(10)7-9-5-3-2-4-6-9/h8-11,14-18,27,30,34H,5-7,12-13,19-24H2,1-4H3;2-6H,7H2,1H3/b15-8-,29-25+;. The van der Waals surface area contributed by atoms with Crippen LogP contribution in [-0.4, -0.2) is 28.9 Å². The van der Waals surface area contributed by atoms with Crippen LogP contribution in [0.25, 0.3) is 10.8 Å². The van der Waals surface area contributed by atoms with Crippen molar-refractivity contribution in [2.75, 3.05) is 0 Å². The zero-order valence-electron chi connectivity index (χ0n) is 30.8. The van der Waals surface area contributed by atoms with Gasteiger partial charge in [-0.3, -0.25) is 24.0 Å². The Labute approximate surface area is 299 Å². The van der Waals surface area contributed by atoms with Crippen LogP contribution in [0.5, 0.6) is 0 Å². The topological polar surface area (TPSA) is 85.3 Å². The third-order valence-electron chi connectivity index (χ3n) is 9.68. The van der Waals surface area contributed by atoms with Gasteiger partial charge >= 0.3 is 0 Å². The van der Waals surface area contributed by atoms with Crippen LogP contribution in [0.2, 0.25) is 0 Å². The van der Waals surface area contributed by atoms with E-state index in [1.165, 1.54) is 6.92 Å². The van der Waals surface area contributed by atoms with E-state index in [-0.39, 0.29) is 53.1 Å². The molecule has 0 aliphatic heterocycles.